The Bertz CT molecular complexity index is 616. The van der Waals surface area contributed by atoms with E-state index in [0.717, 1.165) is 0 Å². The average Bonchev–Trinajstić information content (AvgIpc) is 2.75. The number of benzene rings is 1. The third kappa shape index (κ3) is 4.58. The maximum Gasteiger partial charge on any atom is 0.271 e. The van der Waals surface area contributed by atoms with Crippen molar-refractivity contribution in [3.8, 4) is 11.5 Å². The minimum Gasteiger partial charge on any atom is -0.497 e. The second-order valence-electron chi connectivity index (χ2n) is 4.91. The molecule has 0 bridgehead atoms. The van der Waals surface area contributed by atoms with Crippen LogP contribution in [0.25, 0.3) is 0 Å². The third-order valence-corrected chi connectivity index (χ3v) is 4.87. The Morgan fingerprint density at radius 1 is 1.27 bits per heavy atom. The summed E-state index contributed by atoms with van der Waals surface area (Å²) in [5.74, 6) is 0.179. The third-order valence-electron chi connectivity index (χ3n) is 3.15. The molecule has 0 spiro atoms. The largest absolute Gasteiger partial charge is 0.497 e. The van der Waals surface area contributed by atoms with Gasteiger partial charge in [-0.25, -0.2) is 13.8 Å². The van der Waals surface area contributed by atoms with Gasteiger partial charge in [-0.05, 0) is 24.3 Å². The van der Waals surface area contributed by atoms with Crippen LogP contribution in [0.3, 0.4) is 0 Å². The second kappa shape index (κ2) is 6.95. The number of aliphatic hydroxyl groups excluding tert-OH is 1. The first kappa shape index (κ1) is 16.5. The first-order chi connectivity index (χ1) is 10.4. The van der Waals surface area contributed by atoms with Crippen LogP contribution < -0.4 is 20.3 Å². The van der Waals surface area contributed by atoms with Crippen molar-refractivity contribution in [3.05, 3.63) is 24.3 Å². The molecule has 8 nitrogen and oxygen atoms in total. The first-order valence-electron chi connectivity index (χ1n) is 6.59. The van der Waals surface area contributed by atoms with Gasteiger partial charge in [-0.3, -0.25) is 10.2 Å². The number of methoxy groups -OCH3 is 1. The maximum atomic E-state index is 11.6. The molecule has 2 atom stereocenters. The topological polar surface area (TPSA) is 114 Å². The average molecular weight is 330 g/mol. The van der Waals surface area contributed by atoms with Gasteiger partial charge in [0.1, 0.15) is 11.5 Å². The van der Waals surface area contributed by atoms with Gasteiger partial charge >= 0.3 is 0 Å². The molecule has 0 saturated carbocycles. The lowest BCUT2D eigenvalue weighted by molar-refractivity contribution is -0.124. The highest BCUT2D eigenvalue weighted by atomic mass is 32.2. The molecule has 0 radical (unpaired) electrons. The van der Waals surface area contributed by atoms with Crippen LogP contribution in [0.5, 0.6) is 11.5 Å². The van der Waals surface area contributed by atoms with Crippen molar-refractivity contribution in [3.63, 3.8) is 0 Å². The Kier molecular flexibility index (Phi) is 5.22. The molecular weight excluding hydrogens is 312 g/mol. The van der Waals surface area contributed by atoms with E-state index in [1.54, 1.807) is 31.4 Å². The van der Waals surface area contributed by atoms with Crippen molar-refractivity contribution < 1.29 is 27.8 Å². The van der Waals surface area contributed by atoms with Crippen LogP contribution in [0.1, 0.15) is 0 Å². The molecule has 1 aromatic carbocycles. The molecule has 1 aliphatic heterocycles. The lowest BCUT2D eigenvalue weighted by atomic mass is 10.2. The van der Waals surface area contributed by atoms with Crippen molar-refractivity contribution in [1.29, 1.82) is 0 Å². The minimum absolute atomic E-state index is 0.215. The fraction of sp³-hybridized carbons (Fsp3) is 0.462. The number of amides is 1. The number of carbonyl (C=O) groups excluding carboxylic acids is 1. The van der Waals surface area contributed by atoms with E-state index in [4.69, 9.17) is 9.47 Å². The molecule has 9 heteroatoms. The summed E-state index contributed by atoms with van der Waals surface area (Å²) in [6, 6.07) is 6.01. The highest BCUT2D eigenvalue weighted by molar-refractivity contribution is 7.91. The lowest BCUT2D eigenvalue weighted by Crippen LogP contribution is -2.50. The zero-order chi connectivity index (χ0) is 16.2. The molecular formula is C13H18N2O6S. The summed E-state index contributed by atoms with van der Waals surface area (Å²) in [4.78, 5) is 11.6. The molecule has 1 aliphatic rings. The fourth-order valence-corrected chi connectivity index (χ4v) is 3.74. The summed E-state index contributed by atoms with van der Waals surface area (Å²) >= 11 is 0. The van der Waals surface area contributed by atoms with Gasteiger partial charge in [0.15, 0.2) is 16.4 Å². The van der Waals surface area contributed by atoms with Crippen molar-refractivity contribution in [2.45, 2.75) is 12.1 Å². The molecule has 22 heavy (non-hydrogen) atoms. The molecule has 1 fully saturated rings. The number of hydrogen-bond donors (Lipinski definition) is 3. The molecule has 1 saturated heterocycles. The van der Waals surface area contributed by atoms with Gasteiger partial charge in [0.05, 0.1) is 30.8 Å². The Morgan fingerprint density at radius 2 is 1.91 bits per heavy atom. The molecule has 0 aromatic heterocycles. The number of ether oxygens (including phenoxy) is 2. The van der Waals surface area contributed by atoms with E-state index in [0.29, 0.717) is 11.5 Å². The van der Waals surface area contributed by atoms with Crippen LogP contribution in [-0.2, 0) is 14.6 Å². The molecule has 2 unspecified atom stereocenters. The zero-order valence-electron chi connectivity index (χ0n) is 12.0. The number of sulfone groups is 1. The van der Waals surface area contributed by atoms with Crippen molar-refractivity contribution in [2.75, 3.05) is 25.2 Å². The van der Waals surface area contributed by atoms with Gasteiger partial charge in [-0.2, -0.15) is 0 Å². The normalized spacial score (nSPS) is 23.0. The van der Waals surface area contributed by atoms with Crippen LogP contribution >= 0.6 is 0 Å². The highest BCUT2D eigenvalue weighted by Gasteiger charge is 2.36. The van der Waals surface area contributed by atoms with E-state index < -0.39 is 27.9 Å². The molecule has 1 heterocycles. The van der Waals surface area contributed by atoms with E-state index in [-0.39, 0.29) is 18.1 Å². The number of hydrazine groups is 1. The second-order valence-corrected chi connectivity index (χ2v) is 7.06. The molecule has 3 N–H and O–H groups in total. The quantitative estimate of drug-likeness (QED) is 0.565. The maximum absolute atomic E-state index is 11.6. The van der Waals surface area contributed by atoms with Gasteiger partial charge < -0.3 is 14.6 Å². The fourth-order valence-electron chi connectivity index (χ4n) is 2.00. The van der Waals surface area contributed by atoms with Crippen LogP contribution in [0.2, 0.25) is 0 Å². The van der Waals surface area contributed by atoms with Crippen molar-refractivity contribution in [1.82, 2.24) is 10.9 Å². The zero-order valence-corrected chi connectivity index (χ0v) is 12.8. The van der Waals surface area contributed by atoms with Gasteiger partial charge in [-0.15, -0.1) is 0 Å². The van der Waals surface area contributed by atoms with Crippen LogP contribution in [0.4, 0.5) is 0 Å². The lowest BCUT2D eigenvalue weighted by Gasteiger charge is -2.15. The van der Waals surface area contributed by atoms with Gasteiger partial charge in [0, 0.05) is 0 Å². The van der Waals surface area contributed by atoms with Gasteiger partial charge in [0.25, 0.3) is 5.91 Å². The minimum atomic E-state index is -3.26. The molecule has 2 rings (SSSR count). The number of rotatable bonds is 6. The monoisotopic (exact) mass is 330 g/mol. The summed E-state index contributed by atoms with van der Waals surface area (Å²) in [5.41, 5.74) is 4.84. The molecule has 122 valence electrons. The summed E-state index contributed by atoms with van der Waals surface area (Å²) in [5, 5.41) is 9.56. The summed E-state index contributed by atoms with van der Waals surface area (Å²) in [7, 11) is -1.71. The Labute approximate surface area is 128 Å². The summed E-state index contributed by atoms with van der Waals surface area (Å²) in [6.45, 7) is -0.241. The molecule has 1 aromatic rings. The van der Waals surface area contributed by atoms with Crippen molar-refractivity contribution in [2.24, 2.45) is 0 Å². The van der Waals surface area contributed by atoms with Crippen LogP contribution in [0.15, 0.2) is 24.3 Å². The van der Waals surface area contributed by atoms with E-state index in [2.05, 4.69) is 10.9 Å². The standard InChI is InChI=1S/C13H18N2O6S/c1-20-9-2-4-10(5-3-9)21-6-13(17)15-14-11-7-22(18,19)8-12(11)16/h2-5,11-12,14,16H,6-8H2,1H3,(H,15,17). The Morgan fingerprint density at radius 3 is 2.45 bits per heavy atom. The first-order valence-corrected chi connectivity index (χ1v) is 8.41. The van der Waals surface area contributed by atoms with E-state index in [9.17, 15) is 18.3 Å². The van der Waals surface area contributed by atoms with Crippen LogP contribution in [0, 0.1) is 0 Å². The van der Waals surface area contributed by atoms with Crippen molar-refractivity contribution >= 4 is 15.7 Å². The van der Waals surface area contributed by atoms with Gasteiger partial charge in [0.2, 0.25) is 0 Å². The number of nitrogens with one attached hydrogen (secondary N) is 2. The molecule has 0 aliphatic carbocycles. The predicted molar refractivity (Wildman–Crippen MR) is 78.2 cm³/mol. The number of carbonyl (C=O) groups is 1. The van der Waals surface area contributed by atoms with Gasteiger partial charge in [-0.1, -0.05) is 0 Å². The van der Waals surface area contributed by atoms with Crippen LogP contribution in [-0.4, -0.2) is 56.8 Å². The van der Waals surface area contributed by atoms with E-state index in [1.807, 2.05) is 0 Å². The number of aliphatic hydroxyl groups is 1. The Hall–Kier alpha value is -1.84. The summed E-state index contributed by atoms with van der Waals surface area (Å²) in [6.07, 6.45) is -1.03. The highest BCUT2D eigenvalue weighted by Crippen LogP contribution is 2.16. The van der Waals surface area contributed by atoms with E-state index >= 15 is 0 Å². The summed E-state index contributed by atoms with van der Waals surface area (Å²) < 4.78 is 32.9. The smallest absolute Gasteiger partial charge is 0.271 e. The SMILES string of the molecule is COc1ccc(OCC(=O)NNC2CS(=O)(=O)CC2O)cc1. The molecule has 1 amide bonds. The Balaban J connectivity index is 1.74. The number of hydrogen-bond acceptors (Lipinski definition) is 7. The van der Waals surface area contributed by atoms with E-state index in [1.165, 1.54) is 0 Å². The predicted octanol–water partition coefficient (Wildman–Crippen LogP) is -1.15.